The minimum Gasteiger partial charge on any atom is -0.477 e. The number of sulfone groups is 1. The van der Waals surface area contributed by atoms with Gasteiger partial charge in [-0.3, -0.25) is 5.01 Å². The Morgan fingerprint density at radius 1 is 1.32 bits per heavy atom. The molecule has 0 fully saturated rings. The molecule has 0 saturated heterocycles. The van der Waals surface area contributed by atoms with E-state index in [1.165, 1.54) is 35.2 Å². The highest BCUT2D eigenvalue weighted by Crippen LogP contribution is 2.37. The Morgan fingerprint density at radius 2 is 2.00 bits per heavy atom. The number of hydrazine groups is 1. The molecule has 1 aromatic carbocycles. The van der Waals surface area contributed by atoms with Gasteiger partial charge in [-0.2, -0.15) is 0 Å². The lowest BCUT2D eigenvalue weighted by molar-refractivity contribution is -0.134. The third-order valence-corrected chi connectivity index (χ3v) is 6.02. The smallest absolute Gasteiger partial charge is 0.354 e. The number of fused-ring (bicyclic) bond motifs is 1. The molecular formula is C15H14FN3O4S2. The van der Waals surface area contributed by atoms with Crippen molar-refractivity contribution in [3.8, 4) is 0 Å². The summed E-state index contributed by atoms with van der Waals surface area (Å²) in [5, 5.41) is 10.6. The first-order valence-electron chi connectivity index (χ1n) is 7.11. The molecule has 0 unspecified atom stereocenters. The van der Waals surface area contributed by atoms with Gasteiger partial charge in [-0.25, -0.2) is 23.0 Å². The van der Waals surface area contributed by atoms with Crippen molar-refractivity contribution in [2.24, 2.45) is 0 Å². The van der Waals surface area contributed by atoms with Crippen LogP contribution >= 0.6 is 11.9 Å². The molecule has 0 aliphatic carbocycles. The molecule has 0 radical (unpaired) electrons. The van der Waals surface area contributed by atoms with Crippen LogP contribution in [0.1, 0.15) is 6.92 Å². The zero-order chi connectivity index (χ0) is 18.2. The van der Waals surface area contributed by atoms with E-state index in [1.807, 2.05) is 0 Å². The molecule has 0 atom stereocenters. The first-order valence-corrected chi connectivity index (χ1v) is 9.58. The van der Waals surface area contributed by atoms with Crippen LogP contribution in [0.25, 0.3) is 0 Å². The molecule has 25 heavy (non-hydrogen) atoms. The average molecular weight is 383 g/mol. The van der Waals surface area contributed by atoms with Crippen LogP contribution in [-0.4, -0.2) is 30.4 Å². The maximum atomic E-state index is 13.0. The number of nitrogens with zero attached hydrogens (tertiary/aromatic N) is 1. The van der Waals surface area contributed by atoms with E-state index in [0.29, 0.717) is 11.4 Å². The van der Waals surface area contributed by atoms with Crippen LogP contribution in [-0.2, 0) is 14.6 Å². The van der Waals surface area contributed by atoms with Gasteiger partial charge in [0.25, 0.3) is 0 Å². The van der Waals surface area contributed by atoms with E-state index < -0.39 is 27.5 Å². The van der Waals surface area contributed by atoms with Crippen molar-refractivity contribution in [3.05, 3.63) is 64.2 Å². The second-order valence-corrected chi connectivity index (χ2v) is 8.11. The molecule has 1 aromatic rings. The number of nitrogens with one attached hydrogen (secondary N) is 2. The fourth-order valence-corrected chi connectivity index (χ4v) is 4.21. The second kappa shape index (κ2) is 6.54. The number of halogens is 1. The van der Waals surface area contributed by atoms with E-state index in [0.717, 1.165) is 17.0 Å². The molecule has 10 heteroatoms. The van der Waals surface area contributed by atoms with E-state index >= 15 is 0 Å². The van der Waals surface area contributed by atoms with Crippen LogP contribution in [0.15, 0.2) is 63.3 Å². The molecule has 3 rings (SSSR count). The highest BCUT2D eigenvalue weighted by Gasteiger charge is 2.32. The Bertz CT molecular complexity index is 921. The van der Waals surface area contributed by atoms with Gasteiger partial charge in [-0.1, -0.05) is 0 Å². The lowest BCUT2D eigenvalue weighted by Crippen LogP contribution is -2.43. The summed E-state index contributed by atoms with van der Waals surface area (Å²) in [4.78, 5) is 12.2. The predicted molar refractivity (Wildman–Crippen MR) is 90.7 cm³/mol. The first kappa shape index (κ1) is 17.5. The van der Waals surface area contributed by atoms with Crippen molar-refractivity contribution in [3.63, 3.8) is 0 Å². The Morgan fingerprint density at radius 3 is 2.64 bits per heavy atom. The fourth-order valence-electron chi connectivity index (χ4n) is 2.36. The number of carboxylic acid groups (broad SMARTS) is 1. The average Bonchev–Trinajstić information content (AvgIpc) is 2.94. The predicted octanol–water partition coefficient (Wildman–Crippen LogP) is 1.71. The minimum absolute atomic E-state index is 0.0559. The molecular weight excluding hydrogens is 369 g/mol. The maximum absolute atomic E-state index is 13.0. The summed E-state index contributed by atoms with van der Waals surface area (Å²) in [6.45, 7) is 1.76. The molecule has 2 aliphatic heterocycles. The first-order chi connectivity index (χ1) is 11.8. The van der Waals surface area contributed by atoms with Crippen molar-refractivity contribution in [2.45, 2.75) is 11.8 Å². The molecule has 2 aliphatic rings. The summed E-state index contributed by atoms with van der Waals surface area (Å²) in [5.74, 6) is -2.28. The zero-order valence-electron chi connectivity index (χ0n) is 13.0. The second-order valence-electron chi connectivity index (χ2n) is 5.27. The summed E-state index contributed by atoms with van der Waals surface area (Å²) in [6.07, 6.45) is 3.05. The molecule has 132 valence electrons. The monoisotopic (exact) mass is 383 g/mol. The largest absolute Gasteiger partial charge is 0.477 e. The van der Waals surface area contributed by atoms with E-state index in [1.54, 1.807) is 13.0 Å². The standard InChI is InChI=1S/C15H14FN3O4S2/c1-9-14-13(24-18-9)7-6-12(15(20)21)19(14)17-8-25(22,23)11-4-2-10(16)3-5-11/h2-7,17-18H,8H2,1H3,(H,20,21). The van der Waals surface area contributed by atoms with Gasteiger partial charge >= 0.3 is 5.97 Å². The lowest BCUT2D eigenvalue weighted by Gasteiger charge is -2.29. The Labute approximate surface area is 147 Å². The molecule has 0 amide bonds. The lowest BCUT2D eigenvalue weighted by atomic mass is 10.2. The van der Waals surface area contributed by atoms with E-state index in [4.69, 9.17) is 0 Å². The molecule has 0 spiro atoms. The third kappa shape index (κ3) is 3.41. The number of allylic oxidation sites excluding steroid dienone is 3. The number of carboxylic acids is 1. The molecule has 2 heterocycles. The summed E-state index contributed by atoms with van der Waals surface area (Å²) in [6, 6.07) is 4.45. The Kier molecular flexibility index (Phi) is 4.58. The normalized spacial score (nSPS) is 17.0. The topological polar surface area (TPSA) is 98.7 Å². The number of hydrogen-bond acceptors (Lipinski definition) is 7. The highest BCUT2D eigenvalue weighted by molar-refractivity contribution is 8.01. The number of aliphatic carboxylic acids is 1. The van der Waals surface area contributed by atoms with Gasteiger partial charge in [0, 0.05) is 5.70 Å². The number of benzene rings is 1. The summed E-state index contributed by atoms with van der Waals surface area (Å²) in [5.41, 5.74) is 3.82. The van der Waals surface area contributed by atoms with Crippen molar-refractivity contribution in [1.29, 1.82) is 0 Å². The number of hydrogen-bond donors (Lipinski definition) is 3. The molecule has 3 N–H and O–H groups in total. The van der Waals surface area contributed by atoms with Gasteiger partial charge in [0.1, 0.15) is 17.4 Å². The summed E-state index contributed by atoms with van der Waals surface area (Å²) < 4.78 is 40.8. The zero-order valence-corrected chi connectivity index (χ0v) is 14.6. The summed E-state index contributed by atoms with van der Waals surface area (Å²) in [7, 11) is -3.78. The maximum Gasteiger partial charge on any atom is 0.354 e. The van der Waals surface area contributed by atoms with E-state index in [2.05, 4.69) is 10.1 Å². The van der Waals surface area contributed by atoms with Crippen molar-refractivity contribution in [1.82, 2.24) is 15.2 Å². The van der Waals surface area contributed by atoms with E-state index in [-0.39, 0.29) is 10.6 Å². The number of rotatable bonds is 5. The molecule has 0 aromatic heterocycles. The minimum atomic E-state index is -3.78. The van der Waals surface area contributed by atoms with Crippen molar-refractivity contribution < 1.29 is 22.7 Å². The Balaban J connectivity index is 1.86. The molecule has 0 bridgehead atoms. The van der Waals surface area contributed by atoms with Gasteiger partial charge in [0.2, 0.25) is 0 Å². The van der Waals surface area contributed by atoms with E-state index in [9.17, 15) is 22.7 Å². The molecule has 0 saturated carbocycles. The van der Waals surface area contributed by atoms with Crippen LogP contribution in [0.3, 0.4) is 0 Å². The fraction of sp³-hybridized carbons (Fsp3) is 0.133. The van der Waals surface area contributed by atoms with Crippen LogP contribution in [0, 0.1) is 5.82 Å². The van der Waals surface area contributed by atoms with Crippen LogP contribution in [0.5, 0.6) is 0 Å². The SMILES string of the molecule is CC1=C2C(=CC=C(C(=O)O)N2NCS(=O)(=O)c2ccc(F)cc2)SN1. The van der Waals surface area contributed by atoms with Crippen LogP contribution < -0.4 is 10.1 Å². The van der Waals surface area contributed by atoms with Gasteiger partial charge in [0.05, 0.1) is 15.5 Å². The van der Waals surface area contributed by atoms with Gasteiger partial charge < -0.3 is 9.83 Å². The van der Waals surface area contributed by atoms with Gasteiger partial charge in [-0.05, 0) is 55.3 Å². The van der Waals surface area contributed by atoms with Crippen LogP contribution in [0.2, 0.25) is 0 Å². The van der Waals surface area contributed by atoms with Crippen molar-refractivity contribution in [2.75, 3.05) is 5.88 Å². The van der Waals surface area contributed by atoms with Gasteiger partial charge in [-0.15, -0.1) is 0 Å². The van der Waals surface area contributed by atoms with Crippen LogP contribution in [0.4, 0.5) is 4.39 Å². The van der Waals surface area contributed by atoms with Gasteiger partial charge in [0.15, 0.2) is 9.84 Å². The molecule has 7 nitrogen and oxygen atoms in total. The number of carbonyl (C=O) groups is 1. The Hall–Kier alpha value is -2.30. The summed E-state index contributed by atoms with van der Waals surface area (Å²) >= 11 is 1.31. The third-order valence-electron chi connectivity index (χ3n) is 3.56. The highest BCUT2D eigenvalue weighted by atomic mass is 32.2. The van der Waals surface area contributed by atoms with Crippen molar-refractivity contribution >= 4 is 27.8 Å². The quantitative estimate of drug-likeness (QED) is 0.522.